The molecule has 2 aromatic rings. The second-order valence-electron chi connectivity index (χ2n) is 5.37. The summed E-state index contributed by atoms with van der Waals surface area (Å²) >= 11 is 0. The SMILES string of the molecule is Cc1cc(NC(=O)C(C)(C)c2ccccc2)ncc1N. The average Bonchev–Trinajstić information content (AvgIpc) is 2.44. The number of rotatable bonds is 3. The molecule has 0 aliphatic heterocycles. The maximum absolute atomic E-state index is 12.4. The standard InChI is InChI=1S/C16H19N3O/c1-11-9-14(18-10-13(11)17)19-15(20)16(2,3)12-7-5-4-6-8-12/h4-10H,17H2,1-3H3,(H,18,19,20). The minimum absolute atomic E-state index is 0.0969. The van der Waals surface area contributed by atoms with Crippen molar-refractivity contribution in [3.05, 3.63) is 53.7 Å². The number of hydrogen-bond acceptors (Lipinski definition) is 3. The molecular weight excluding hydrogens is 250 g/mol. The van der Waals surface area contributed by atoms with Crippen molar-refractivity contribution in [2.24, 2.45) is 0 Å². The Morgan fingerprint density at radius 2 is 1.90 bits per heavy atom. The number of nitrogens with one attached hydrogen (secondary N) is 1. The Morgan fingerprint density at radius 3 is 2.50 bits per heavy atom. The second-order valence-corrected chi connectivity index (χ2v) is 5.37. The second kappa shape index (κ2) is 5.33. The molecule has 0 bridgehead atoms. The fourth-order valence-electron chi connectivity index (χ4n) is 1.89. The van der Waals surface area contributed by atoms with Gasteiger partial charge in [-0.1, -0.05) is 30.3 Å². The third-order valence-corrected chi connectivity index (χ3v) is 3.46. The lowest BCUT2D eigenvalue weighted by Gasteiger charge is -2.24. The van der Waals surface area contributed by atoms with Crippen LogP contribution in [0.3, 0.4) is 0 Å². The van der Waals surface area contributed by atoms with Gasteiger partial charge >= 0.3 is 0 Å². The van der Waals surface area contributed by atoms with Gasteiger partial charge < -0.3 is 11.1 Å². The van der Waals surface area contributed by atoms with Crippen LogP contribution in [0.5, 0.6) is 0 Å². The van der Waals surface area contributed by atoms with Crippen molar-refractivity contribution in [2.75, 3.05) is 11.1 Å². The number of nitrogens with zero attached hydrogens (tertiary/aromatic N) is 1. The topological polar surface area (TPSA) is 68.0 Å². The Balaban J connectivity index is 2.21. The minimum atomic E-state index is -0.627. The van der Waals surface area contributed by atoms with Crippen LogP contribution in [-0.2, 0) is 10.2 Å². The van der Waals surface area contributed by atoms with E-state index in [0.717, 1.165) is 11.1 Å². The summed E-state index contributed by atoms with van der Waals surface area (Å²) in [5.41, 5.74) is 7.57. The fourth-order valence-corrected chi connectivity index (χ4v) is 1.89. The molecule has 0 saturated heterocycles. The highest BCUT2D eigenvalue weighted by atomic mass is 16.2. The third kappa shape index (κ3) is 2.79. The molecule has 1 aromatic carbocycles. The molecule has 0 fully saturated rings. The zero-order valence-electron chi connectivity index (χ0n) is 12.0. The number of benzene rings is 1. The highest BCUT2D eigenvalue weighted by Crippen LogP contribution is 2.25. The van der Waals surface area contributed by atoms with E-state index in [1.54, 1.807) is 12.3 Å². The fraction of sp³-hybridized carbons (Fsp3) is 0.250. The van der Waals surface area contributed by atoms with Crippen molar-refractivity contribution in [2.45, 2.75) is 26.2 Å². The summed E-state index contributed by atoms with van der Waals surface area (Å²) < 4.78 is 0. The number of amides is 1. The van der Waals surface area contributed by atoms with E-state index >= 15 is 0 Å². The lowest BCUT2D eigenvalue weighted by atomic mass is 9.84. The van der Waals surface area contributed by atoms with Crippen LogP contribution in [0.2, 0.25) is 0 Å². The first kappa shape index (κ1) is 14.1. The lowest BCUT2D eigenvalue weighted by molar-refractivity contribution is -0.120. The quantitative estimate of drug-likeness (QED) is 0.900. The Labute approximate surface area is 119 Å². The summed E-state index contributed by atoms with van der Waals surface area (Å²) in [6, 6.07) is 11.4. The van der Waals surface area contributed by atoms with Gasteiger partial charge in [0.05, 0.1) is 17.3 Å². The van der Waals surface area contributed by atoms with Crippen molar-refractivity contribution in [3.8, 4) is 0 Å². The largest absolute Gasteiger partial charge is 0.397 e. The molecule has 1 heterocycles. The number of pyridine rings is 1. The van der Waals surface area contributed by atoms with Crippen molar-refractivity contribution in [1.29, 1.82) is 0 Å². The lowest BCUT2D eigenvalue weighted by Crippen LogP contribution is -2.35. The molecule has 1 aromatic heterocycles. The number of nitrogen functional groups attached to an aromatic ring is 1. The number of anilines is 2. The average molecular weight is 269 g/mol. The molecule has 104 valence electrons. The van der Waals surface area contributed by atoms with Crippen LogP contribution in [0, 0.1) is 6.92 Å². The van der Waals surface area contributed by atoms with Crippen LogP contribution in [0.25, 0.3) is 0 Å². The summed E-state index contributed by atoms with van der Waals surface area (Å²) in [7, 11) is 0. The van der Waals surface area contributed by atoms with Gasteiger partial charge in [-0.15, -0.1) is 0 Å². The number of hydrogen-bond donors (Lipinski definition) is 2. The summed E-state index contributed by atoms with van der Waals surface area (Å²) in [6.07, 6.45) is 1.56. The summed E-state index contributed by atoms with van der Waals surface area (Å²) in [4.78, 5) is 16.6. The molecule has 3 N–H and O–H groups in total. The molecular formula is C16H19N3O. The van der Waals surface area contributed by atoms with Gasteiger partial charge in [-0.2, -0.15) is 0 Å². The molecule has 0 spiro atoms. The van der Waals surface area contributed by atoms with E-state index in [1.807, 2.05) is 51.1 Å². The van der Waals surface area contributed by atoms with E-state index in [1.165, 1.54) is 0 Å². The first-order chi connectivity index (χ1) is 9.41. The molecule has 4 heteroatoms. The monoisotopic (exact) mass is 269 g/mol. The number of aromatic nitrogens is 1. The van der Waals surface area contributed by atoms with E-state index in [2.05, 4.69) is 10.3 Å². The predicted molar refractivity (Wildman–Crippen MR) is 81.5 cm³/mol. The van der Waals surface area contributed by atoms with Gasteiger partial charge in [0.15, 0.2) is 0 Å². The number of nitrogens with two attached hydrogens (primary N) is 1. The van der Waals surface area contributed by atoms with Crippen LogP contribution in [-0.4, -0.2) is 10.9 Å². The normalized spacial score (nSPS) is 11.2. The van der Waals surface area contributed by atoms with Gasteiger partial charge in [-0.05, 0) is 38.0 Å². The van der Waals surface area contributed by atoms with E-state index in [9.17, 15) is 4.79 Å². The first-order valence-corrected chi connectivity index (χ1v) is 6.50. The predicted octanol–water partition coefficient (Wildman–Crippen LogP) is 2.89. The Kier molecular flexibility index (Phi) is 3.74. The van der Waals surface area contributed by atoms with E-state index in [-0.39, 0.29) is 5.91 Å². The first-order valence-electron chi connectivity index (χ1n) is 6.50. The zero-order valence-corrected chi connectivity index (χ0v) is 12.0. The van der Waals surface area contributed by atoms with Gasteiger partial charge in [0.1, 0.15) is 5.82 Å². The molecule has 0 radical (unpaired) electrons. The molecule has 0 aliphatic rings. The highest BCUT2D eigenvalue weighted by Gasteiger charge is 2.29. The molecule has 0 aliphatic carbocycles. The van der Waals surface area contributed by atoms with Crippen molar-refractivity contribution in [3.63, 3.8) is 0 Å². The summed E-state index contributed by atoms with van der Waals surface area (Å²) in [5.74, 6) is 0.422. The molecule has 0 atom stereocenters. The maximum atomic E-state index is 12.4. The molecule has 2 rings (SSSR count). The number of carbonyl (C=O) groups excluding carboxylic acids is 1. The van der Waals surface area contributed by atoms with Crippen LogP contribution in [0.15, 0.2) is 42.6 Å². The summed E-state index contributed by atoms with van der Waals surface area (Å²) in [5, 5.41) is 2.84. The molecule has 4 nitrogen and oxygen atoms in total. The molecule has 20 heavy (non-hydrogen) atoms. The van der Waals surface area contributed by atoms with Crippen LogP contribution in [0.1, 0.15) is 25.0 Å². The van der Waals surface area contributed by atoms with E-state index < -0.39 is 5.41 Å². The van der Waals surface area contributed by atoms with Gasteiger partial charge in [0.25, 0.3) is 0 Å². The summed E-state index contributed by atoms with van der Waals surface area (Å²) in [6.45, 7) is 5.67. The van der Waals surface area contributed by atoms with Crippen molar-refractivity contribution in [1.82, 2.24) is 4.98 Å². The van der Waals surface area contributed by atoms with Crippen LogP contribution >= 0.6 is 0 Å². The van der Waals surface area contributed by atoms with Crippen molar-refractivity contribution < 1.29 is 4.79 Å². The van der Waals surface area contributed by atoms with Crippen molar-refractivity contribution >= 4 is 17.4 Å². The van der Waals surface area contributed by atoms with Gasteiger partial charge in [-0.3, -0.25) is 4.79 Å². The highest BCUT2D eigenvalue weighted by molar-refractivity contribution is 5.98. The minimum Gasteiger partial charge on any atom is -0.397 e. The van der Waals surface area contributed by atoms with Gasteiger partial charge in [-0.25, -0.2) is 4.98 Å². The van der Waals surface area contributed by atoms with Gasteiger partial charge in [0, 0.05) is 0 Å². The van der Waals surface area contributed by atoms with Gasteiger partial charge in [0.2, 0.25) is 5.91 Å². The maximum Gasteiger partial charge on any atom is 0.235 e. The Morgan fingerprint density at radius 1 is 1.25 bits per heavy atom. The molecule has 1 amide bonds. The molecule has 0 saturated carbocycles. The number of carbonyl (C=O) groups is 1. The third-order valence-electron chi connectivity index (χ3n) is 3.46. The van der Waals surface area contributed by atoms with E-state index in [0.29, 0.717) is 11.5 Å². The van der Waals surface area contributed by atoms with Crippen LogP contribution in [0.4, 0.5) is 11.5 Å². The Hall–Kier alpha value is -2.36. The Bertz CT molecular complexity index is 621. The smallest absolute Gasteiger partial charge is 0.235 e. The number of aryl methyl sites for hydroxylation is 1. The molecule has 0 unspecified atom stereocenters. The zero-order chi connectivity index (χ0) is 14.8. The van der Waals surface area contributed by atoms with E-state index in [4.69, 9.17) is 5.73 Å². The van der Waals surface area contributed by atoms with Crippen LogP contribution < -0.4 is 11.1 Å².